The van der Waals surface area contributed by atoms with Crippen LogP contribution in [0, 0.1) is 6.92 Å². The number of nitrogens with one attached hydrogen (secondary N) is 2. The van der Waals surface area contributed by atoms with Gasteiger partial charge in [0.1, 0.15) is 23.6 Å². The Morgan fingerprint density at radius 2 is 1.79 bits per heavy atom. The molecule has 2 N–H and O–H groups in total. The number of halogens is 2. The zero-order valence-corrected chi connectivity index (χ0v) is 13.9. The summed E-state index contributed by atoms with van der Waals surface area (Å²) in [6.07, 6.45) is 1.28. The van der Waals surface area contributed by atoms with Crippen molar-refractivity contribution >= 4 is 46.4 Å². The van der Waals surface area contributed by atoms with Gasteiger partial charge in [0.15, 0.2) is 5.82 Å². The van der Waals surface area contributed by atoms with Crippen LogP contribution in [0.5, 0.6) is 0 Å². The minimum absolute atomic E-state index is 0.168. The fraction of sp³-hybridized carbons (Fsp3) is 0.0667. The number of amides is 1. The maximum Gasteiger partial charge on any atom is 0.275 e. The predicted octanol–water partition coefficient (Wildman–Crippen LogP) is 4.08. The predicted molar refractivity (Wildman–Crippen MR) is 91.0 cm³/mol. The largest absolute Gasteiger partial charge is 0.360 e. The average molecular weight is 364 g/mol. The Balaban J connectivity index is 1.77. The minimum atomic E-state index is -0.433. The molecule has 0 saturated carbocycles. The number of aromatic nitrogens is 3. The molecule has 0 aliphatic heterocycles. The van der Waals surface area contributed by atoms with E-state index in [1.54, 1.807) is 31.2 Å². The van der Waals surface area contributed by atoms with Gasteiger partial charge in [0.25, 0.3) is 5.91 Å². The lowest BCUT2D eigenvalue weighted by atomic mass is 10.3. The molecule has 7 nitrogen and oxygen atoms in total. The summed E-state index contributed by atoms with van der Waals surface area (Å²) in [6, 6.07) is 8.09. The van der Waals surface area contributed by atoms with Gasteiger partial charge in [0.05, 0.1) is 0 Å². The Bertz CT molecular complexity index is 877. The molecule has 0 radical (unpaired) electrons. The summed E-state index contributed by atoms with van der Waals surface area (Å²) >= 11 is 11.9. The van der Waals surface area contributed by atoms with Crippen LogP contribution in [0.25, 0.3) is 0 Å². The molecule has 1 aromatic carbocycles. The highest BCUT2D eigenvalue weighted by Crippen LogP contribution is 2.24. The van der Waals surface area contributed by atoms with Gasteiger partial charge in [0, 0.05) is 27.9 Å². The SMILES string of the molecule is Cc1cc(NC(=O)c2cc(Nc3cc(Cl)cc(Cl)c3)ncn2)no1. The maximum atomic E-state index is 12.2. The Morgan fingerprint density at radius 1 is 1.04 bits per heavy atom. The van der Waals surface area contributed by atoms with Crippen LogP contribution in [0.1, 0.15) is 16.2 Å². The molecule has 9 heteroatoms. The Morgan fingerprint density at radius 3 is 2.46 bits per heavy atom. The molecule has 3 aromatic rings. The highest BCUT2D eigenvalue weighted by molar-refractivity contribution is 6.35. The first-order valence-electron chi connectivity index (χ1n) is 6.79. The second kappa shape index (κ2) is 6.86. The third-order valence-electron chi connectivity index (χ3n) is 2.90. The van der Waals surface area contributed by atoms with Crippen LogP contribution in [0.3, 0.4) is 0 Å². The molecule has 0 aliphatic rings. The van der Waals surface area contributed by atoms with E-state index in [-0.39, 0.29) is 5.69 Å². The third-order valence-corrected chi connectivity index (χ3v) is 3.34. The number of carbonyl (C=O) groups excluding carboxylic acids is 1. The van der Waals surface area contributed by atoms with Crippen molar-refractivity contribution in [2.24, 2.45) is 0 Å². The Kier molecular flexibility index (Phi) is 4.64. The number of nitrogens with zero attached hydrogens (tertiary/aromatic N) is 3. The van der Waals surface area contributed by atoms with Crippen LogP contribution in [0.4, 0.5) is 17.3 Å². The first-order chi connectivity index (χ1) is 11.5. The lowest BCUT2D eigenvalue weighted by molar-refractivity contribution is 0.102. The maximum absolute atomic E-state index is 12.2. The lowest BCUT2D eigenvalue weighted by Gasteiger charge is -2.07. The summed E-state index contributed by atoms with van der Waals surface area (Å²) in [5, 5.41) is 10.3. The molecule has 0 bridgehead atoms. The Labute approximate surface area is 147 Å². The standard InChI is InChI=1S/C15H11Cl2N5O2/c1-8-2-14(22-24-8)21-15(23)12-6-13(19-7-18-12)20-11-4-9(16)3-10(17)5-11/h2-7H,1H3,(H,18,19,20)(H,21,22,23). The summed E-state index contributed by atoms with van der Waals surface area (Å²) < 4.78 is 4.89. The number of carbonyl (C=O) groups is 1. The molecule has 0 atom stereocenters. The number of anilines is 3. The molecule has 2 heterocycles. The molecule has 0 spiro atoms. The molecule has 0 aliphatic carbocycles. The fourth-order valence-corrected chi connectivity index (χ4v) is 2.46. The molecule has 24 heavy (non-hydrogen) atoms. The number of hydrogen-bond donors (Lipinski definition) is 2. The highest BCUT2D eigenvalue weighted by atomic mass is 35.5. The van der Waals surface area contributed by atoms with Crippen molar-refractivity contribution in [3.8, 4) is 0 Å². The quantitative estimate of drug-likeness (QED) is 0.725. The van der Waals surface area contributed by atoms with Gasteiger partial charge < -0.3 is 15.2 Å². The van der Waals surface area contributed by atoms with E-state index < -0.39 is 5.91 Å². The average Bonchev–Trinajstić information content (AvgIpc) is 2.91. The van der Waals surface area contributed by atoms with Crippen molar-refractivity contribution in [1.29, 1.82) is 0 Å². The molecule has 1 amide bonds. The smallest absolute Gasteiger partial charge is 0.275 e. The van der Waals surface area contributed by atoms with E-state index >= 15 is 0 Å². The summed E-state index contributed by atoms with van der Waals surface area (Å²) in [5.74, 6) is 0.892. The van der Waals surface area contributed by atoms with Crippen molar-refractivity contribution in [2.45, 2.75) is 6.92 Å². The number of rotatable bonds is 4. The van der Waals surface area contributed by atoms with Crippen molar-refractivity contribution in [3.05, 3.63) is 58.2 Å². The van der Waals surface area contributed by atoms with Crippen molar-refractivity contribution in [2.75, 3.05) is 10.6 Å². The number of hydrogen-bond acceptors (Lipinski definition) is 6. The molecule has 2 aromatic heterocycles. The first-order valence-corrected chi connectivity index (χ1v) is 7.55. The zero-order valence-electron chi connectivity index (χ0n) is 12.4. The van der Waals surface area contributed by atoms with E-state index in [0.717, 1.165) is 0 Å². The molecule has 122 valence electrons. The van der Waals surface area contributed by atoms with Gasteiger partial charge in [-0.25, -0.2) is 9.97 Å². The van der Waals surface area contributed by atoms with Crippen LogP contribution in [-0.4, -0.2) is 21.0 Å². The van der Waals surface area contributed by atoms with Crippen LogP contribution in [-0.2, 0) is 0 Å². The van der Waals surface area contributed by atoms with Crippen molar-refractivity contribution < 1.29 is 9.32 Å². The second-order valence-electron chi connectivity index (χ2n) is 4.85. The van der Waals surface area contributed by atoms with Crippen LogP contribution in [0.15, 0.2) is 41.2 Å². The number of aryl methyl sites for hydroxylation is 1. The second-order valence-corrected chi connectivity index (χ2v) is 5.72. The molecular formula is C15H11Cl2N5O2. The van der Waals surface area contributed by atoms with E-state index in [0.29, 0.717) is 33.1 Å². The number of benzene rings is 1. The molecular weight excluding hydrogens is 353 g/mol. The van der Waals surface area contributed by atoms with Gasteiger partial charge in [-0.15, -0.1) is 0 Å². The van der Waals surface area contributed by atoms with Gasteiger partial charge in [0.2, 0.25) is 0 Å². The van der Waals surface area contributed by atoms with Gasteiger partial charge in [-0.05, 0) is 25.1 Å². The topological polar surface area (TPSA) is 92.9 Å². The van der Waals surface area contributed by atoms with Crippen molar-refractivity contribution in [1.82, 2.24) is 15.1 Å². The summed E-state index contributed by atoms with van der Waals surface area (Å²) in [7, 11) is 0. The van der Waals surface area contributed by atoms with Gasteiger partial charge in [-0.1, -0.05) is 28.4 Å². The van der Waals surface area contributed by atoms with Crippen LogP contribution < -0.4 is 10.6 Å². The van der Waals surface area contributed by atoms with E-state index in [2.05, 4.69) is 25.8 Å². The highest BCUT2D eigenvalue weighted by Gasteiger charge is 2.12. The fourth-order valence-electron chi connectivity index (χ4n) is 1.93. The monoisotopic (exact) mass is 363 g/mol. The van der Waals surface area contributed by atoms with Gasteiger partial charge in [-0.2, -0.15) is 0 Å². The van der Waals surface area contributed by atoms with E-state index in [1.165, 1.54) is 12.4 Å². The van der Waals surface area contributed by atoms with E-state index in [1.807, 2.05) is 0 Å². The first kappa shape index (κ1) is 16.2. The van der Waals surface area contributed by atoms with Gasteiger partial charge >= 0.3 is 0 Å². The van der Waals surface area contributed by atoms with Crippen molar-refractivity contribution in [3.63, 3.8) is 0 Å². The normalized spacial score (nSPS) is 10.5. The van der Waals surface area contributed by atoms with E-state index in [9.17, 15) is 4.79 Å². The van der Waals surface area contributed by atoms with Gasteiger partial charge in [-0.3, -0.25) is 4.79 Å². The van der Waals surface area contributed by atoms with Crippen LogP contribution in [0.2, 0.25) is 10.0 Å². The van der Waals surface area contributed by atoms with E-state index in [4.69, 9.17) is 27.7 Å². The summed E-state index contributed by atoms with van der Waals surface area (Å²) in [5.41, 5.74) is 0.811. The zero-order chi connectivity index (χ0) is 17.1. The van der Waals surface area contributed by atoms with Crippen LogP contribution >= 0.6 is 23.2 Å². The minimum Gasteiger partial charge on any atom is -0.360 e. The summed E-state index contributed by atoms with van der Waals surface area (Å²) in [4.78, 5) is 20.2. The lowest BCUT2D eigenvalue weighted by Crippen LogP contribution is -2.14. The molecule has 0 saturated heterocycles. The molecule has 0 unspecified atom stereocenters. The Hall–Kier alpha value is -2.64. The summed E-state index contributed by atoms with van der Waals surface area (Å²) in [6.45, 7) is 1.73. The molecule has 3 rings (SSSR count). The molecule has 0 fully saturated rings. The third kappa shape index (κ3) is 4.01.